The van der Waals surface area contributed by atoms with Gasteiger partial charge in [-0.1, -0.05) is 114 Å². The fourth-order valence-corrected chi connectivity index (χ4v) is 9.30. The molecule has 11 heteroatoms. The Balaban J connectivity index is 1.31. The van der Waals surface area contributed by atoms with Crippen LogP contribution in [0.4, 0.5) is 0 Å². The third kappa shape index (κ3) is 5.84. The second-order valence-corrected chi connectivity index (χ2v) is 15.8. The molecule has 0 N–H and O–H groups in total. The predicted octanol–water partition coefficient (Wildman–Crippen LogP) is 3.21. The maximum Gasteiger partial charge on any atom is 0.166 e. The lowest BCUT2D eigenvalue weighted by Crippen LogP contribution is -2.55. The maximum absolute atomic E-state index is 5.45. The van der Waals surface area contributed by atoms with E-state index >= 15 is 0 Å². The van der Waals surface area contributed by atoms with Crippen molar-refractivity contribution in [3.05, 3.63) is 146 Å². The SMILES string of the molecule is Bc1c(B)c(B)c(-c2nc(-c3ccccc3)nc(-c3cc(-c4nc5ccccc5s4)ccc3-n3c4ccccc4c4c(-c5ccccc5)cccc43)n2)c(B)c1B. The lowest BCUT2D eigenvalue weighted by Gasteiger charge is -2.20. The molecule has 7 aromatic carbocycles. The number of hydrogen-bond acceptors (Lipinski definition) is 5. The van der Waals surface area contributed by atoms with E-state index in [1.807, 2.05) is 24.3 Å². The molecule has 10 rings (SSSR count). The van der Waals surface area contributed by atoms with E-state index in [2.05, 4.69) is 165 Å². The number of para-hydroxylation sites is 2. The minimum Gasteiger partial charge on any atom is -0.308 e. The third-order valence-electron chi connectivity index (χ3n) is 11.7. The van der Waals surface area contributed by atoms with Crippen molar-refractivity contribution in [2.24, 2.45) is 0 Å². The van der Waals surface area contributed by atoms with E-state index in [-0.39, 0.29) is 0 Å². The molecule has 0 fully saturated rings. The summed E-state index contributed by atoms with van der Waals surface area (Å²) in [7, 11) is 11.0. The quantitative estimate of drug-likeness (QED) is 0.246. The summed E-state index contributed by atoms with van der Waals surface area (Å²) in [6.07, 6.45) is 0. The largest absolute Gasteiger partial charge is 0.308 e. The van der Waals surface area contributed by atoms with Crippen LogP contribution in [-0.2, 0) is 0 Å². The predicted molar refractivity (Wildman–Crippen MR) is 255 cm³/mol. The van der Waals surface area contributed by atoms with Crippen molar-refractivity contribution in [3.8, 4) is 61.5 Å². The molecule has 0 radical (unpaired) electrons. The zero-order valence-electron chi connectivity index (χ0n) is 32.5. The van der Waals surface area contributed by atoms with Crippen molar-refractivity contribution in [3.63, 3.8) is 0 Å². The molecule has 5 nitrogen and oxygen atoms in total. The van der Waals surface area contributed by atoms with E-state index < -0.39 is 0 Å². The standard InChI is InChI=1S/C46H34B5N5S/c47-38-37(39(48)41(50)42(51)40(38)49)45-54-43(26-14-5-2-6-15-26)53-44(55-45)30-24-27(46-52-31-18-8-10-21-35(31)57-46)22-23-33(30)56-32-19-9-7-16-29(32)36-28(17-11-20-34(36)56)25-12-3-1-4-13-25/h1-24H,47-51H2. The van der Waals surface area contributed by atoms with E-state index in [4.69, 9.17) is 19.9 Å². The normalized spacial score (nSPS) is 11.5. The molecule has 3 heterocycles. The summed E-state index contributed by atoms with van der Waals surface area (Å²) in [5.41, 5.74) is 16.7. The van der Waals surface area contributed by atoms with Crippen LogP contribution < -0.4 is 27.3 Å². The molecule has 0 aliphatic heterocycles. The third-order valence-corrected chi connectivity index (χ3v) is 12.8. The molecule has 0 aliphatic rings. The van der Waals surface area contributed by atoms with Gasteiger partial charge in [-0.25, -0.2) is 19.9 Å². The molecule has 0 atom stereocenters. The first-order chi connectivity index (χ1) is 27.9. The number of fused-ring (bicyclic) bond motifs is 4. The Morgan fingerprint density at radius 3 is 1.81 bits per heavy atom. The Morgan fingerprint density at radius 2 is 1.05 bits per heavy atom. The summed E-state index contributed by atoms with van der Waals surface area (Å²) in [6.45, 7) is 0. The maximum atomic E-state index is 5.45. The molecule has 3 aromatic heterocycles. The molecule has 264 valence electrons. The van der Waals surface area contributed by atoms with Crippen LogP contribution in [0.15, 0.2) is 146 Å². The average molecular weight is 743 g/mol. The minimum atomic E-state index is 0.608. The Morgan fingerprint density at radius 1 is 0.439 bits per heavy atom. The van der Waals surface area contributed by atoms with Gasteiger partial charge in [0.05, 0.1) is 26.9 Å². The van der Waals surface area contributed by atoms with Crippen LogP contribution in [0.25, 0.3) is 93.6 Å². The molecule has 0 saturated carbocycles. The molecule has 0 unspecified atom stereocenters. The first kappa shape index (κ1) is 35.0. The zero-order chi connectivity index (χ0) is 38.8. The van der Waals surface area contributed by atoms with E-state index in [9.17, 15) is 0 Å². The van der Waals surface area contributed by atoms with Gasteiger partial charge in [0.15, 0.2) is 17.5 Å². The van der Waals surface area contributed by atoms with Crippen LogP contribution in [0.3, 0.4) is 0 Å². The zero-order valence-corrected chi connectivity index (χ0v) is 33.3. The highest BCUT2D eigenvalue weighted by molar-refractivity contribution is 7.21. The number of hydrogen-bond donors (Lipinski definition) is 0. The van der Waals surface area contributed by atoms with Gasteiger partial charge in [0, 0.05) is 33.0 Å². The Labute approximate surface area is 340 Å². The smallest absolute Gasteiger partial charge is 0.166 e. The summed E-state index contributed by atoms with van der Waals surface area (Å²) in [5.74, 6) is 1.91. The second-order valence-electron chi connectivity index (χ2n) is 14.8. The summed E-state index contributed by atoms with van der Waals surface area (Å²) >= 11 is 1.70. The van der Waals surface area contributed by atoms with E-state index in [0.717, 1.165) is 54.2 Å². The van der Waals surface area contributed by atoms with Crippen LogP contribution in [0, 0.1) is 0 Å². The molecule has 0 saturated heterocycles. The minimum absolute atomic E-state index is 0.608. The highest BCUT2D eigenvalue weighted by atomic mass is 32.1. The summed E-state index contributed by atoms with van der Waals surface area (Å²) in [6, 6.07) is 51.2. The van der Waals surface area contributed by atoms with Gasteiger partial charge in [-0.2, -0.15) is 0 Å². The molecule has 0 bridgehead atoms. The second kappa shape index (κ2) is 13.9. The molecule has 10 aromatic rings. The lowest BCUT2D eigenvalue weighted by atomic mass is 9.60. The van der Waals surface area contributed by atoms with Crippen molar-refractivity contribution >= 4 is 110 Å². The van der Waals surface area contributed by atoms with Crippen LogP contribution in [0.1, 0.15) is 0 Å². The highest BCUT2D eigenvalue weighted by Gasteiger charge is 2.23. The summed E-state index contributed by atoms with van der Waals surface area (Å²) in [5, 5.41) is 3.34. The van der Waals surface area contributed by atoms with Gasteiger partial charge >= 0.3 is 0 Å². The van der Waals surface area contributed by atoms with E-state index in [0.29, 0.717) is 17.5 Å². The average Bonchev–Trinajstić information content (AvgIpc) is 3.85. The fraction of sp³-hybridized carbons (Fsp3) is 0. The van der Waals surface area contributed by atoms with Crippen LogP contribution in [0.5, 0.6) is 0 Å². The van der Waals surface area contributed by atoms with Crippen molar-refractivity contribution < 1.29 is 0 Å². The van der Waals surface area contributed by atoms with E-state index in [1.54, 1.807) is 11.3 Å². The topological polar surface area (TPSA) is 56.5 Å². The molecule has 0 amide bonds. The number of rotatable bonds is 6. The molecule has 0 spiro atoms. The van der Waals surface area contributed by atoms with Gasteiger partial charge in [0.2, 0.25) is 0 Å². The highest BCUT2D eigenvalue weighted by Crippen LogP contribution is 2.42. The Hall–Kier alpha value is -6.44. The van der Waals surface area contributed by atoms with Crippen LogP contribution in [-0.4, -0.2) is 63.7 Å². The number of nitrogens with zero attached hydrogens (tertiary/aromatic N) is 5. The number of aromatic nitrogens is 5. The molecule has 57 heavy (non-hydrogen) atoms. The Kier molecular flexibility index (Phi) is 8.56. The van der Waals surface area contributed by atoms with Crippen LogP contribution in [0.2, 0.25) is 0 Å². The molecule has 0 aliphatic carbocycles. The lowest BCUT2D eigenvalue weighted by molar-refractivity contribution is 1.07. The van der Waals surface area contributed by atoms with Crippen molar-refractivity contribution in [2.75, 3.05) is 0 Å². The summed E-state index contributed by atoms with van der Waals surface area (Å²) < 4.78 is 3.54. The van der Waals surface area contributed by atoms with Gasteiger partial charge in [-0.05, 0) is 53.6 Å². The van der Waals surface area contributed by atoms with Gasteiger partial charge in [0.25, 0.3) is 0 Å². The Bertz CT molecular complexity index is 3140. The van der Waals surface area contributed by atoms with Gasteiger partial charge in [-0.15, -0.1) is 27.7 Å². The van der Waals surface area contributed by atoms with Gasteiger partial charge < -0.3 is 4.57 Å². The van der Waals surface area contributed by atoms with Gasteiger partial charge in [-0.3, -0.25) is 0 Å². The first-order valence-corrected chi connectivity index (χ1v) is 20.1. The summed E-state index contributed by atoms with van der Waals surface area (Å²) in [4.78, 5) is 21.1. The van der Waals surface area contributed by atoms with Gasteiger partial charge in [0.1, 0.15) is 44.2 Å². The molecular weight excluding hydrogens is 709 g/mol. The van der Waals surface area contributed by atoms with E-state index in [1.165, 1.54) is 49.2 Å². The number of benzene rings is 7. The van der Waals surface area contributed by atoms with Crippen molar-refractivity contribution in [1.82, 2.24) is 24.5 Å². The van der Waals surface area contributed by atoms with Crippen LogP contribution >= 0.6 is 11.3 Å². The van der Waals surface area contributed by atoms with Crippen molar-refractivity contribution in [2.45, 2.75) is 0 Å². The van der Waals surface area contributed by atoms with Crippen molar-refractivity contribution in [1.29, 1.82) is 0 Å². The fourth-order valence-electron chi connectivity index (χ4n) is 8.34. The first-order valence-electron chi connectivity index (χ1n) is 19.3. The molecular formula is C46H34B5N5S. The number of thiazole rings is 1. The monoisotopic (exact) mass is 743 g/mol.